The van der Waals surface area contributed by atoms with E-state index in [-0.39, 0.29) is 0 Å². The molecule has 0 fully saturated rings. The third-order valence-electron chi connectivity index (χ3n) is 3.01. The summed E-state index contributed by atoms with van der Waals surface area (Å²) in [5.41, 5.74) is 3.93. The molecule has 1 aromatic carbocycles. The van der Waals surface area contributed by atoms with Crippen LogP contribution in [0.15, 0.2) is 41.0 Å². The molecule has 18 heavy (non-hydrogen) atoms. The number of nitrogens with one attached hydrogen (secondary N) is 1. The van der Waals surface area contributed by atoms with Crippen LogP contribution >= 0.6 is 15.9 Å². The lowest BCUT2D eigenvalue weighted by Gasteiger charge is -2.08. The lowest BCUT2D eigenvalue weighted by atomic mass is 10.1. The van der Waals surface area contributed by atoms with Gasteiger partial charge in [-0.2, -0.15) is 0 Å². The first kappa shape index (κ1) is 13.1. The Balaban J connectivity index is 1.92. The van der Waals surface area contributed by atoms with Gasteiger partial charge in [-0.15, -0.1) is 0 Å². The zero-order chi connectivity index (χ0) is 13.0. The molecule has 2 nitrogen and oxygen atoms in total. The molecule has 0 bridgehead atoms. The molecule has 1 heterocycles. The lowest BCUT2D eigenvalue weighted by Crippen LogP contribution is -2.07. The minimum atomic E-state index is 0.902. The van der Waals surface area contributed by atoms with E-state index in [0.29, 0.717) is 0 Å². The van der Waals surface area contributed by atoms with Crippen LogP contribution in [0.2, 0.25) is 0 Å². The average Bonchev–Trinajstić information content (AvgIpc) is 2.36. The van der Waals surface area contributed by atoms with E-state index in [4.69, 9.17) is 0 Å². The van der Waals surface area contributed by atoms with Crippen molar-refractivity contribution in [1.29, 1.82) is 0 Å². The van der Waals surface area contributed by atoms with Gasteiger partial charge in [0.2, 0.25) is 0 Å². The summed E-state index contributed by atoms with van der Waals surface area (Å²) >= 11 is 3.45. The number of hydrogen-bond donors (Lipinski definition) is 1. The molecule has 0 radical (unpaired) electrons. The van der Waals surface area contributed by atoms with Crippen LogP contribution in [0.3, 0.4) is 0 Å². The maximum absolute atomic E-state index is 4.33. The minimum absolute atomic E-state index is 0.902. The van der Waals surface area contributed by atoms with Gasteiger partial charge in [0, 0.05) is 17.2 Å². The largest absolute Gasteiger partial charge is 0.370 e. The van der Waals surface area contributed by atoms with Crippen LogP contribution in [0.1, 0.15) is 16.7 Å². The topological polar surface area (TPSA) is 24.9 Å². The van der Waals surface area contributed by atoms with E-state index >= 15 is 0 Å². The van der Waals surface area contributed by atoms with Gasteiger partial charge in [-0.3, -0.25) is 0 Å². The van der Waals surface area contributed by atoms with Crippen molar-refractivity contribution in [3.8, 4) is 0 Å². The van der Waals surface area contributed by atoms with Crippen LogP contribution < -0.4 is 5.32 Å². The predicted octanol–water partition coefficient (Wildman–Crippen LogP) is 4.12. The van der Waals surface area contributed by atoms with Crippen molar-refractivity contribution in [1.82, 2.24) is 4.98 Å². The monoisotopic (exact) mass is 304 g/mol. The average molecular weight is 305 g/mol. The van der Waals surface area contributed by atoms with Gasteiger partial charge >= 0.3 is 0 Å². The second-order valence-electron chi connectivity index (χ2n) is 4.42. The Bertz CT molecular complexity index is 538. The molecule has 0 atom stereocenters. The second-order valence-corrected chi connectivity index (χ2v) is 5.28. The van der Waals surface area contributed by atoms with Gasteiger partial charge in [0.15, 0.2) is 0 Å². The van der Waals surface area contributed by atoms with Gasteiger partial charge in [-0.25, -0.2) is 4.98 Å². The highest BCUT2D eigenvalue weighted by Gasteiger charge is 2.00. The molecule has 3 heteroatoms. The smallest absolute Gasteiger partial charge is 0.126 e. The van der Waals surface area contributed by atoms with Crippen LogP contribution in [0.4, 0.5) is 5.82 Å². The van der Waals surface area contributed by atoms with E-state index in [9.17, 15) is 0 Å². The van der Waals surface area contributed by atoms with Crippen LogP contribution in [-0.2, 0) is 6.42 Å². The number of aromatic nitrogens is 1. The predicted molar refractivity (Wildman–Crippen MR) is 80.0 cm³/mol. The minimum Gasteiger partial charge on any atom is -0.370 e. The number of anilines is 1. The molecule has 2 rings (SSSR count). The third-order valence-corrected chi connectivity index (χ3v) is 3.84. The molecule has 0 saturated carbocycles. The summed E-state index contributed by atoms with van der Waals surface area (Å²) in [5, 5.41) is 3.36. The van der Waals surface area contributed by atoms with E-state index in [1.54, 1.807) is 0 Å². The lowest BCUT2D eigenvalue weighted by molar-refractivity contribution is 0.992. The Morgan fingerprint density at radius 3 is 2.67 bits per heavy atom. The summed E-state index contributed by atoms with van der Waals surface area (Å²) in [6.45, 7) is 5.12. The summed E-state index contributed by atoms with van der Waals surface area (Å²) in [4.78, 5) is 4.33. The molecule has 0 saturated heterocycles. The normalized spacial score (nSPS) is 10.4. The van der Waals surface area contributed by atoms with E-state index in [1.165, 1.54) is 16.7 Å². The highest BCUT2D eigenvalue weighted by Crippen LogP contribution is 2.17. The number of hydrogen-bond acceptors (Lipinski definition) is 2. The van der Waals surface area contributed by atoms with Crippen molar-refractivity contribution < 1.29 is 0 Å². The molecule has 0 aliphatic rings. The molecule has 0 unspecified atom stereocenters. The highest BCUT2D eigenvalue weighted by atomic mass is 79.9. The van der Waals surface area contributed by atoms with Crippen molar-refractivity contribution >= 4 is 21.7 Å². The third kappa shape index (κ3) is 3.33. The van der Waals surface area contributed by atoms with Crippen LogP contribution in [0.25, 0.3) is 0 Å². The highest BCUT2D eigenvalue weighted by molar-refractivity contribution is 9.10. The quantitative estimate of drug-likeness (QED) is 0.919. The number of rotatable bonds is 4. The molecule has 2 aromatic rings. The fourth-order valence-corrected chi connectivity index (χ4v) is 2.07. The summed E-state index contributed by atoms with van der Waals surface area (Å²) in [5.74, 6) is 0.935. The molecule has 1 N–H and O–H groups in total. The van der Waals surface area contributed by atoms with Crippen LogP contribution in [0.5, 0.6) is 0 Å². The van der Waals surface area contributed by atoms with Crippen molar-refractivity contribution in [3.63, 3.8) is 0 Å². The fraction of sp³-hybridized carbons (Fsp3) is 0.267. The zero-order valence-corrected chi connectivity index (χ0v) is 12.3. The fourth-order valence-electron chi connectivity index (χ4n) is 1.85. The van der Waals surface area contributed by atoms with E-state index < -0.39 is 0 Å². The van der Waals surface area contributed by atoms with Gasteiger partial charge in [0.1, 0.15) is 5.82 Å². The maximum Gasteiger partial charge on any atom is 0.126 e. The van der Waals surface area contributed by atoms with E-state index in [0.717, 1.165) is 23.3 Å². The summed E-state index contributed by atoms with van der Waals surface area (Å²) in [6, 6.07) is 10.5. The van der Waals surface area contributed by atoms with Gasteiger partial charge in [-0.1, -0.05) is 24.3 Å². The molecule has 1 aromatic heterocycles. The van der Waals surface area contributed by atoms with E-state index in [1.807, 2.05) is 6.20 Å². The van der Waals surface area contributed by atoms with E-state index in [2.05, 4.69) is 70.4 Å². The molecule has 0 amide bonds. The number of pyridine rings is 1. The molecule has 0 spiro atoms. The van der Waals surface area contributed by atoms with Crippen LogP contribution in [0, 0.1) is 13.8 Å². The Hall–Kier alpha value is -1.35. The molecular formula is C15H17BrN2. The Labute approximate surface area is 117 Å². The molecule has 0 aliphatic carbocycles. The SMILES string of the molecule is Cc1cc(NCCc2ccccc2C)ncc1Br. The van der Waals surface area contributed by atoms with Gasteiger partial charge in [0.25, 0.3) is 0 Å². The Kier molecular flexibility index (Phi) is 4.37. The molecular weight excluding hydrogens is 288 g/mol. The number of halogens is 1. The van der Waals surface area contributed by atoms with Gasteiger partial charge in [0.05, 0.1) is 0 Å². The maximum atomic E-state index is 4.33. The first-order valence-electron chi connectivity index (χ1n) is 6.07. The Morgan fingerprint density at radius 1 is 1.17 bits per heavy atom. The number of nitrogens with zero attached hydrogens (tertiary/aromatic N) is 1. The first-order chi connectivity index (χ1) is 8.66. The summed E-state index contributed by atoms with van der Waals surface area (Å²) in [7, 11) is 0. The standard InChI is InChI=1S/C15H17BrN2/c1-11-5-3-4-6-13(11)7-8-17-15-9-12(2)14(16)10-18-15/h3-6,9-10H,7-8H2,1-2H3,(H,17,18). The van der Waals surface area contributed by atoms with Gasteiger partial charge < -0.3 is 5.32 Å². The van der Waals surface area contributed by atoms with Crippen LogP contribution in [-0.4, -0.2) is 11.5 Å². The Morgan fingerprint density at radius 2 is 1.94 bits per heavy atom. The first-order valence-corrected chi connectivity index (χ1v) is 6.86. The number of aryl methyl sites for hydroxylation is 2. The zero-order valence-electron chi connectivity index (χ0n) is 10.7. The molecule has 0 aliphatic heterocycles. The van der Waals surface area contributed by atoms with Crippen molar-refractivity contribution in [2.24, 2.45) is 0 Å². The van der Waals surface area contributed by atoms with Crippen molar-refractivity contribution in [3.05, 3.63) is 57.7 Å². The molecule has 94 valence electrons. The van der Waals surface area contributed by atoms with Crippen molar-refractivity contribution in [2.45, 2.75) is 20.3 Å². The summed E-state index contributed by atoms with van der Waals surface area (Å²) in [6.07, 6.45) is 2.86. The second kappa shape index (κ2) is 6.01. The van der Waals surface area contributed by atoms with Gasteiger partial charge in [-0.05, 0) is 59.0 Å². The van der Waals surface area contributed by atoms with Crippen molar-refractivity contribution in [2.75, 3.05) is 11.9 Å². The summed E-state index contributed by atoms with van der Waals surface area (Å²) < 4.78 is 1.05. The number of benzene rings is 1.